The molecule has 2 aromatic carbocycles. The molecule has 0 radical (unpaired) electrons. The highest BCUT2D eigenvalue weighted by atomic mass is 35.5. The summed E-state index contributed by atoms with van der Waals surface area (Å²) in [6.07, 6.45) is 1.07. The summed E-state index contributed by atoms with van der Waals surface area (Å²) in [5, 5.41) is 2.91. The predicted molar refractivity (Wildman–Crippen MR) is 97.0 cm³/mol. The Hall–Kier alpha value is -2.38. The van der Waals surface area contributed by atoms with E-state index >= 15 is 0 Å². The molecule has 2 aromatic rings. The van der Waals surface area contributed by atoms with Gasteiger partial charge in [-0.1, -0.05) is 17.7 Å². The summed E-state index contributed by atoms with van der Waals surface area (Å²) in [7, 11) is -0.217. The first kappa shape index (κ1) is 19.0. The lowest BCUT2D eigenvalue weighted by molar-refractivity contribution is 0.0827. The fourth-order valence-electron chi connectivity index (χ4n) is 2.08. The summed E-state index contributed by atoms with van der Waals surface area (Å²) in [4.78, 5) is 25.9. The molecule has 0 aliphatic rings. The van der Waals surface area contributed by atoms with Crippen LogP contribution < -0.4 is 5.32 Å². The average Bonchev–Trinajstić information content (AvgIpc) is 2.55. The minimum absolute atomic E-state index is 0.0553. The number of sulfone groups is 1. The Kier molecular flexibility index (Phi) is 5.49. The molecule has 0 saturated carbocycles. The third-order valence-electron chi connectivity index (χ3n) is 3.39. The molecule has 0 heterocycles. The maximum Gasteiger partial charge on any atom is 0.255 e. The molecule has 0 bridgehead atoms. The molecule has 1 N–H and O–H groups in total. The van der Waals surface area contributed by atoms with Crippen molar-refractivity contribution in [1.82, 2.24) is 4.90 Å². The molecular weight excluding hydrogens is 364 g/mol. The van der Waals surface area contributed by atoms with E-state index in [0.29, 0.717) is 5.69 Å². The normalized spacial score (nSPS) is 11.0. The zero-order chi connectivity index (χ0) is 18.8. The fourth-order valence-corrected chi connectivity index (χ4v) is 2.94. The van der Waals surface area contributed by atoms with E-state index in [0.717, 1.165) is 6.26 Å². The smallest absolute Gasteiger partial charge is 0.255 e. The van der Waals surface area contributed by atoms with Gasteiger partial charge in [-0.2, -0.15) is 0 Å². The van der Waals surface area contributed by atoms with Crippen LogP contribution in [0.2, 0.25) is 5.02 Å². The second-order valence-electron chi connectivity index (χ2n) is 5.65. The van der Waals surface area contributed by atoms with Gasteiger partial charge in [-0.25, -0.2) is 8.42 Å². The molecule has 6 nitrogen and oxygen atoms in total. The van der Waals surface area contributed by atoms with Crippen molar-refractivity contribution in [3.63, 3.8) is 0 Å². The van der Waals surface area contributed by atoms with Crippen LogP contribution in [-0.2, 0) is 9.84 Å². The molecule has 2 rings (SSSR count). The van der Waals surface area contributed by atoms with Crippen LogP contribution in [0.3, 0.4) is 0 Å². The second-order valence-corrected chi connectivity index (χ2v) is 8.07. The van der Waals surface area contributed by atoms with Crippen LogP contribution in [0.15, 0.2) is 47.4 Å². The van der Waals surface area contributed by atoms with Crippen molar-refractivity contribution in [2.75, 3.05) is 25.7 Å². The highest BCUT2D eigenvalue weighted by molar-refractivity contribution is 7.90. The van der Waals surface area contributed by atoms with Gasteiger partial charge in [0.15, 0.2) is 9.84 Å². The Labute approximate surface area is 151 Å². The van der Waals surface area contributed by atoms with Crippen LogP contribution in [0, 0.1) is 0 Å². The molecule has 8 heteroatoms. The quantitative estimate of drug-likeness (QED) is 0.883. The number of hydrogen-bond donors (Lipinski definition) is 1. The molecule has 0 atom stereocenters. The minimum atomic E-state index is -3.41. The Morgan fingerprint density at radius 3 is 2.36 bits per heavy atom. The van der Waals surface area contributed by atoms with Crippen LogP contribution in [0.4, 0.5) is 5.69 Å². The molecule has 25 heavy (non-hydrogen) atoms. The van der Waals surface area contributed by atoms with Crippen molar-refractivity contribution in [1.29, 1.82) is 0 Å². The number of halogens is 1. The molecule has 0 unspecified atom stereocenters. The largest absolute Gasteiger partial charge is 0.345 e. The van der Waals surface area contributed by atoms with Crippen molar-refractivity contribution in [2.45, 2.75) is 4.90 Å². The first-order valence-corrected chi connectivity index (χ1v) is 9.49. The maximum absolute atomic E-state index is 12.4. The van der Waals surface area contributed by atoms with Gasteiger partial charge >= 0.3 is 0 Å². The Morgan fingerprint density at radius 2 is 1.76 bits per heavy atom. The summed E-state index contributed by atoms with van der Waals surface area (Å²) in [6, 6.07) is 10.3. The maximum atomic E-state index is 12.4. The van der Waals surface area contributed by atoms with Gasteiger partial charge < -0.3 is 10.2 Å². The fraction of sp³-hybridized carbons (Fsp3) is 0.176. The lowest BCUT2D eigenvalue weighted by Gasteiger charge is -2.13. The number of benzene rings is 2. The third-order valence-corrected chi connectivity index (χ3v) is 4.83. The van der Waals surface area contributed by atoms with Gasteiger partial charge in [0.25, 0.3) is 11.8 Å². The number of nitrogens with one attached hydrogen (secondary N) is 1. The third kappa shape index (κ3) is 4.58. The molecule has 2 amide bonds. The van der Waals surface area contributed by atoms with E-state index in [1.54, 1.807) is 20.2 Å². The van der Waals surface area contributed by atoms with E-state index in [1.165, 1.54) is 41.3 Å². The number of carbonyl (C=O) groups is 2. The van der Waals surface area contributed by atoms with Crippen molar-refractivity contribution in [3.05, 3.63) is 58.6 Å². The van der Waals surface area contributed by atoms with Crippen LogP contribution in [0.1, 0.15) is 20.7 Å². The van der Waals surface area contributed by atoms with Gasteiger partial charge in [-0.05, 0) is 36.4 Å². The zero-order valence-corrected chi connectivity index (χ0v) is 15.5. The van der Waals surface area contributed by atoms with Crippen LogP contribution >= 0.6 is 11.6 Å². The zero-order valence-electron chi connectivity index (χ0n) is 13.9. The Bertz CT molecular complexity index is 939. The van der Waals surface area contributed by atoms with E-state index in [1.807, 2.05) is 0 Å². The molecule has 0 aromatic heterocycles. The van der Waals surface area contributed by atoms with E-state index < -0.39 is 15.7 Å². The van der Waals surface area contributed by atoms with Crippen LogP contribution in [0.5, 0.6) is 0 Å². The number of nitrogens with zero attached hydrogens (tertiary/aromatic N) is 1. The molecule has 0 spiro atoms. The summed E-state index contributed by atoms with van der Waals surface area (Å²) < 4.78 is 23.2. The van der Waals surface area contributed by atoms with Crippen molar-refractivity contribution < 1.29 is 18.0 Å². The highest BCUT2D eigenvalue weighted by Crippen LogP contribution is 2.22. The average molecular weight is 381 g/mol. The number of rotatable bonds is 4. The van der Waals surface area contributed by atoms with E-state index in [4.69, 9.17) is 11.6 Å². The monoisotopic (exact) mass is 380 g/mol. The van der Waals surface area contributed by atoms with Gasteiger partial charge in [0.2, 0.25) is 0 Å². The molecule has 0 fully saturated rings. The molecule has 0 saturated heterocycles. The Balaban J connectivity index is 2.30. The van der Waals surface area contributed by atoms with Crippen molar-refractivity contribution in [3.8, 4) is 0 Å². The van der Waals surface area contributed by atoms with Crippen LogP contribution in [-0.4, -0.2) is 45.5 Å². The summed E-state index contributed by atoms with van der Waals surface area (Å²) in [6.45, 7) is 0. The van der Waals surface area contributed by atoms with Gasteiger partial charge in [0, 0.05) is 31.6 Å². The summed E-state index contributed by atoms with van der Waals surface area (Å²) in [5.41, 5.74) is 0.831. The van der Waals surface area contributed by atoms with Gasteiger partial charge in [0.1, 0.15) is 0 Å². The van der Waals surface area contributed by atoms with Crippen LogP contribution in [0.25, 0.3) is 0 Å². The first-order valence-electron chi connectivity index (χ1n) is 7.22. The van der Waals surface area contributed by atoms with Gasteiger partial charge in [0.05, 0.1) is 15.5 Å². The van der Waals surface area contributed by atoms with Crippen molar-refractivity contribution >= 4 is 38.9 Å². The molecule has 0 aliphatic carbocycles. The van der Waals surface area contributed by atoms with E-state index in [9.17, 15) is 18.0 Å². The summed E-state index contributed by atoms with van der Waals surface area (Å²) >= 11 is 6.03. The van der Waals surface area contributed by atoms with Gasteiger partial charge in [-0.15, -0.1) is 0 Å². The minimum Gasteiger partial charge on any atom is -0.345 e. The summed E-state index contributed by atoms with van der Waals surface area (Å²) in [5.74, 6) is -0.781. The number of carbonyl (C=O) groups excluding carboxylic acids is 2. The highest BCUT2D eigenvalue weighted by Gasteiger charge is 2.15. The van der Waals surface area contributed by atoms with E-state index in [-0.39, 0.29) is 27.0 Å². The molecular formula is C17H17ClN2O4S. The van der Waals surface area contributed by atoms with E-state index in [2.05, 4.69) is 5.32 Å². The lowest BCUT2D eigenvalue weighted by atomic mass is 10.1. The second kappa shape index (κ2) is 7.25. The van der Waals surface area contributed by atoms with Gasteiger partial charge in [-0.3, -0.25) is 9.59 Å². The first-order chi connectivity index (χ1) is 11.6. The lowest BCUT2D eigenvalue weighted by Crippen LogP contribution is -2.22. The topological polar surface area (TPSA) is 83.6 Å². The molecule has 132 valence electrons. The standard InChI is InChI=1S/C17H17ClN2O4S/c1-20(2)17(22)14-10-12(7-8-15(14)18)19-16(21)11-5-4-6-13(9-11)25(3,23)24/h4-10H,1-3H3,(H,19,21). The Morgan fingerprint density at radius 1 is 1.08 bits per heavy atom. The predicted octanol–water partition coefficient (Wildman–Crippen LogP) is 2.70. The number of amides is 2. The molecule has 0 aliphatic heterocycles. The van der Waals surface area contributed by atoms with Crippen molar-refractivity contribution in [2.24, 2.45) is 0 Å². The SMILES string of the molecule is CN(C)C(=O)c1cc(NC(=O)c2cccc(S(C)(=O)=O)c2)ccc1Cl. The number of anilines is 1. The number of hydrogen-bond acceptors (Lipinski definition) is 4.